The molecule has 0 radical (unpaired) electrons. The van der Waals surface area contributed by atoms with Crippen LogP contribution in [-0.2, 0) is 18.4 Å². The lowest BCUT2D eigenvalue weighted by Crippen LogP contribution is -2.45. The molecule has 482 valence electrons. The maximum Gasteiger partial charge on any atom is 0.268 e. The monoisotopic (exact) mass is 1180 g/mol. The van der Waals surface area contributed by atoms with E-state index in [0.29, 0.717) is 17.4 Å². The van der Waals surface area contributed by atoms with Crippen LogP contribution in [0.2, 0.25) is 0 Å². The highest BCUT2D eigenvalue weighted by Crippen LogP contribution is 2.38. The average Bonchev–Trinajstić information content (AvgIpc) is 3.50. The van der Waals surface area contributed by atoms with E-state index in [-0.39, 0.29) is 12.5 Å². The van der Waals surface area contributed by atoms with Crippen LogP contribution in [0.15, 0.2) is 97.2 Å². The first kappa shape index (κ1) is 80.4. The molecule has 0 bridgehead atoms. The Bertz CT molecular complexity index is 1670. The first-order valence-electron chi connectivity index (χ1n) is 35.1. The van der Waals surface area contributed by atoms with Gasteiger partial charge in [-0.1, -0.05) is 317 Å². The molecule has 0 rings (SSSR count). The minimum atomic E-state index is -4.62. The van der Waals surface area contributed by atoms with E-state index in [4.69, 9.17) is 9.05 Å². The van der Waals surface area contributed by atoms with Crippen LogP contribution in [-0.4, -0.2) is 68.5 Å². The molecule has 0 heterocycles. The Labute approximate surface area is 515 Å². The van der Waals surface area contributed by atoms with Gasteiger partial charge in [0, 0.05) is 6.42 Å². The molecule has 3 unspecified atom stereocenters. The molecular formula is C74H135N2O6P. The third kappa shape index (κ3) is 66.8. The van der Waals surface area contributed by atoms with Gasteiger partial charge in [-0.05, 0) is 89.9 Å². The third-order valence-corrected chi connectivity index (χ3v) is 16.5. The summed E-state index contributed by atoms with van der Waals surface area (Å²) >= 11 is 0. The lowest BCUT2D eigenvalue weighted by atomic mass is 10.0. The van der Waals surface area contributed by atoms with Gasteiger partial charge >= 0.3 is 0 Å². The highest BCUT2D eigenvalue weighted by atomic mass is 31.2. The van der Waals surface area contributed by atoms with E-state index < -0.39 is 26.6 Å². The summed E-state index contributed by atoms with van der Waals surface area (Å²) in [5.41, 5.74) is 0. The number of rotatable bonds is 64. The summed E-state index contributed by atoms with van der Waals surface area (Å²) in [5, 5.41) is 13.9. The largest absolute Gasteiger partial charge is 0.756 e. The molecule has 1 amide bonds. The van der Waals surface area contributed by atoms with Crippen LogP contribution in [0.5, 0.6) is 0 Å². The van der Waals surface area contributed by atoms with Crippen molar-refractivity contribution in [3.05, 3.63) is 97.2 Å². The van der Waals surface area contributed by atoms with E-state index in [1.807, 2.05) is 27.2 Å². The smallest absolute Gasteiger partial charge is 0.268 e. The van der Waals surface area contributed by atoms with Crippen molar-refractivity contribution < 1.29 is 32.9 Å². The highest BCUT2D eigenvalue weighted by molar-refractivity contribution is 7.45. The van der Waals surface area contributed by atoms with Gasteiger partial charge < -0.3 is 28.8 Å². The van der Waals surface area contributed by atoms with Crippen LogP contribution in [0, 0.1) is 0 Å². The van der Waals surface area contributed by atoms with Gasteiger partial charge in [-0.3, -0.25) is 9.36 Å². The van der Waals surface area contributed by atoms with E-state index in [1.54, 1.807) is 6.08 Å². The fourth-order valence-electron chi connectivity index (χ4n) is 10.1. The second-order valence-electron chi connectivity index (χ2n) is 24.8. The number of hydrogen-bond acceptors (Lipinski definition) is 6. The maximum absolute atomic E-state index is 13.0. The van der Waals surface area contributed by atoms with Crippen molar-refractivity contribution in [3.8, 4) is 0 Å². The standard InChI is InChI=1S/C74H135N2O6P/c1-6-8-10-12-14-16-18-20-22-24-26-28-30-31-32-33-34-35-36-37-38-39-40-41-42-43-44-45-46-48-50-52-54-56-58-60-62-64-66-68-74(78)75-72(71-82-83(79,80)81-70-69-76(3,4)5)73(77)67-65-63-61-59-57-55-53-51-49-47-29-27-25-23-21-19-17-15-13-11-9-7-2/h8,10,14,16,20,22,26,28,31-32,49,51,57,59,65,67,72-73,77H,6-7,9,11-13,15,17-19,21,23-25,27,29-30,33-48,50,52-56,58,60-64,66,68-71H2,1-5H3,(H-,75,78,79,80)/b10-8-,16-14-,22-20-,28-26-,32-31-,51-49+,59-57+,67-65+. The van der Waals surface area contributed by atoms with E-state index >= 15 is 0 Å². The molecule has 0 saturated carbocycles. The fraction of sp³-hybridized carbons (Fsp3) is 0.770. The third-order valence-electron chi connectivity index (χ3n) is 15.5. The molecule has 2 N–H and O–H groups in total. The van der Waals surface area contributed by atoms with Crippen molar-refractivity contribution in [2.24, 2.45) is 0 Å². The van der Waals surface area contributed by atoms with Gasteiger partial charge in [0.15, 0.2) is 0 Å². The number of hydrogen-bond donors (Lipinski definition) is 2. The number of phosphoric ester groups is 1. The number of likely N-dealkylation sites (N-methyl/N-ethyl adjacent to an activating group) is 1. The topological polar surface area (TPSA) is 108 Å². The summed E-state index contributed by atoms with van der Waals surface area (Å²) in [7, 11) is 1.24. The molecule has 9 heteroatoms. The minimum absolute atomic E-state index is 0.0103. The SMILES string of the molecule is CC/C=C\C/C=C\C/C=C\C/C=C\C/C=C\CCCCCCCCCCCCCCCCCCCCCCCCCC(=O)NC(COP(=O)([O-])OCC[N+](C)(C)C)C(O)/C=C/CC/C=C/CC/C=C/CCCCCCCCCCCCCC. The Kier molecular flexibility index (Phi) is 61.9. The molecule has 0 aliphatic carbocycles. The quantitative estimate of drug-likeness (QED) is 0.0272. The molecule has 0 saturated heterocycles. The Morgan fingerprint density at radius 1 is 0.434 bits per heavy atom. The summed E-state index contributed by atoms with van der Waals surface area (Å²) in [4.78, 5) is 25.6. The number of aliphatic hydroxyl groups is 1. The van der Waals surface area contributed by atoms with Crippen LogP contribution in [0.25, 0.3) is 0 Å². The molecule has 0 fully saturated rings. The van der Waals surface area contributed by atoms with Crippen molar-refractivity contribution in [2.45, 2.75) is 328 Å². The zero-order chi connectivity index (χ0) is 60.5. The maximum atomic E-state index is 13.0. The van der Waals surface area contributed by atoms with Crippen LogP contribution in [0.3, 0.4) is 0 Å². The minimum Gasteiger partial charge on any atom is -0.756 e. The summed E-state index contributed by atoms with van der Waals surface area (Å²) in [5.74, 6) is -0.208. The van der Waals surface area contributed by atoms with E-state index in [2.05, 4.69) is 104 Å². The number of allylic oxidation sites excluding steroid dienone is 15. The number of phosphoric acid groups is 1. The Morgan fingerprint density at radius 3 is 1.12 bits per heavy atom. The van der Waals surface area contributed by atoms with Gasteiger partial charge in [0.2, 0.25) is 5.91 Å². The van der Waals surface area contributed by atoms with E-state index in [1.165, 1.54) is 218 Å². The summed E-state index contributed by atoms with van der Waals surface area (Å²) in [6, 6.07) is -0.913. The summed E-state index contributed by atoms with van der Waals surface area (Å²) in [6.07, 6.45) is 92.5. The van der Waals surface area contributed by atoms with Crippen molar-refractivity contribution >= 4 is 13.7 Å². The molecule has 0 aliphatic heterocycles. The average molecular weight is 1180 g/mol. The summed E-state index contributed by atoms with van der Waals surface area (Å²) in [6.45, 7) is 4.53. The van der Waals surface area contributed by atoms with Crippen molar-refractivity contribution in [2.75, 3.05) is 40.9 Å². The molecule has 0 aliphatic rings. The van der Waals surface area contributed by atoms with Gasteiger partial charge in [0.25, 0.3) is 7.82 Å². The number of unbranched alkanes of at least 4 members (excludes halogenated alkanes) is 37. The first-order chi connectivity index (χ1) is 40.5. The number of aliphatic hydroxyl groups excluding tert-OH is 1. The molecular weight excluding hydrogens is 1040 g/mol. The Morgan fingerprint density at radius 2 is 0.747 bits per heavy atom. The highest BCUT2D eigenvalue weighted by Gasteiger charge is 2.23. The number of carbonyl (C=O) groups is 1. The lowest BCUT2D eigenvalue weighted by Gasteiger charge is -2.29. The molecule has 0 aromatic rings. The fourth-order valence-corrected chi connectivity index (χ4v) is 10.8. The predicted octanol–water partition coefficient (Wildman–Crippen LogP) is 21.9. The van der Waals surface area contributed by atoms with Crippen molar-refractivity contribution in [1.29, 1.82) is 0 Å². The molecule has 3 atom stereocenters. The number of amides is 1. The number of quaternary nitrogens is 1. The predicted molar refractivity (Wildman–Crippen MR) is 362 cm³/mol. The molecule has 0 aromatic carbocycles. The molecule has 0 aromatic heterocycles. The summed E-state index contributed by atoms with van der Waals surface area (Å²) < 4.78 is 23.4. The van der Waals surface area contributed by atoms with Gasteiger partial charge in [-0.25, -0.2) is 0 Å². The first-order valence-corrected chi connectivity index (χ1v) is 36.6. The zero-order valence-corrected chi connectivity index (χ0v) is 56.0. The van der Waals surface area contributed by atoms with E-state index in [0.717, 1.165) is 77.0 Å². The Balaban J connectivity index is 4.02. The number of nitrogens with one attached hydrogen (secondary N) is 1. The van der Waals surface area contributed by atoms with Gasteiger partial charge in [-0.15, -0.1) is 0 Å². The number of nitrogens with zero attached hydrogens (tertiary/aromatic N) is 1. The van der Waals surface area contributed by atoms with Gasteiger partial charge in [0.1, 0.15) is 13.2 Å². The second-order valence-corrected chi connectivity index (χ2v) is 26.2. The normalized spacial score (nSPS) is 14.3. The number of carbonyl (C=O) groups excluding carboxylic acids is 1. The zero-order valence-electron chi connectivity index (χ0n) is 55.1. The van der Waals surface area contributed by atoms with Crippen LogP contribution in [0.1, 0.15) is 316 Å². The lowest BCUT2D eigenvalue weighted by molar-refractivity contribution is -0.870. The molecule has 8 nitrogen and oxygen atoms in total. The van der Waals surface area contributed by atoms with Crippen molar-refractivity contribution in [1.82, 2.24) is 5.32 Å². The Hall–Kier alpha value is -2.58. The van der Waals surface area contributed by atoms with Crippen molar-refractivity contribution in [3.63, 3.8) is 0 Å². The molecule has 0 spiro atoms. The molecule has 83 heavy (non-hydrogen) atoms. The van der Waals surface area contributed by atoms with Crippen LogP contribution < -0.4 is 10.2 Å². The van der Waals surface area contributed by atoms with Crippen LogP contribution in [0.4, 0.5) is 0 Å². The van der Waals surface area contributed by atoms with Gasteiger partial charge in [-0.2, -0.15) is 0 Å². The van der Waals surface area contributed by atoms with E-state index in [9.17, 15) is 19.4 Å². The second kappa shape index (κ2) is 63.9. The van der Waals surface area contributed by atoms with Gasteiger partial charge in [0.05, 0.1) is 39.9 Å². The van der Waals surface area contributed by atoms with Crippen LogP contribution >= 0.6 is 7.82 Å².